The fraction of sp³-hybridized carbons (Fsp3) is 0.440. The number of benzene rings is 2. The van der Waals surface area contributed by atoms with Gasteiger partial charge in [-0.2, -0.15) is 0 Å². The van der Waals surface area contributed by atoms with Gasteiger partial charge in [0, 0.05) is 0 Å². The summed E-state index contributed by atoms with van der Waals surface area (Å²) in [5.41, 5.74) is 2.61. The highest BCUT2D eigenvalue weighted by atomic mass is 16.4. The van der Waals surface area contributed by atoms with E-state index in [2.05, 4.69) is 19.1 Å². The van der Waals surface area contributed by atoms with Crippen molar-refractivity contribution >= 4 is 11.9 Å². The Morgan fingerprint density at radius 1 is 0.828 bits per heavy atom. The second-order valence-corrected chi connectivity index (χ2v) is 8.21. The first-order valence-corrected chi connectivity index (χ1v) is 10.7. The Morgan fingerprint density at radius 3 is 2.03 bits per heavy atom. The third-order valence-corrected chi connectivity index (χ3v) is 6.26. The topological polar surface area (TPSA) is 74.6 Å². The van der Waals surface area contributed by atoms with Crippen LogP contribution in [-0.4, -0.2) is 22.2 Å². The van der Waals surface area contributed by atoms with Crippen LogP contribution in [0.1, 0.15) is 90.5 Å². The van der Waals surface area contributed by atoms with Crippen LogP contribution in [0.3, 0.4) is 0 Å². The monoisotopic (exact) mass is 394 g/mol. The van der Waals surface area contributed by atoms with E-state index in [1.165, 1.54) is 69.1 Å². The molecular formula is C25H30O4. The lowest BCUT2D eigenvalue weighted by Crippen LogP contribution is -2.13. The maximum absolute atomic E-state index is 11.4. The maximum atomic E-state index is 11.4. The highest BCUT2D eigenvalue weighted by Crippen LogP contribution is 2.38. The number of aromatic carboxylic acids is 2. The van der Waals surface area contributed by atoms with Gasteiger partial charge in [0.2, 0.25) is 0 Å². The average Bonchev–Trinajstić information content (AvgIpc) is 2.74. The summed E-state index contributed by atoms with van der Waals surface area (Å²) in [6.07, 6.45) is 10.5. The van der Waals surface area contributed by atoms with Crippen LogP contribution in [0, 0.1) is 5.92 Å². The van der Waals surface area contributed by atoms with Gasteiger partial charge in [-0.25, -0.2) is 9.59 Å². The highest BCUT2D eigenvalue weighted by molar-refractivity contribution is 6.02. The summed E-state index contributed by atoms with van der Waals surface area (Å²) >= 11 is 0. The van der Waals surface area contributed by atoms with Gasteiger partial charge in [0.05, 0.1) is 11.1 Å². The van der Waals surface area contributed by atoms with Crippen molar-refractivity contribution in [2.24, 2.45) is 5.92 Å². The molecule has 4 heteroatoms. The summed E-state index contributed by atoms with van der Waals surface area (Å²) in [4.78, 5) is 22.6. The number of hydrogen-bond donors (Lipinski definition) is 2. The molecule has 1 aliphatic carbocycles. The molecule has 0 aromatic heterocycles. The summed E-state index contributed by atoms with van der Waals surface area (Å²) in [7, 11) is 0. The third kappa shape index (κ3) is 5.26. The molecule has 0 atom stereocenters. The number of hydrogen-bond acceptors (Lipinski definition) is 2. The first-order valence-electron chi connectivity index (χ1n) is 10.7. The Hall–Kier alpha value is -2.62. The van der Waals surface area contributed by atoms with Gasteiger partial charge in [-0.1, -0.05) is 62.9 Å². The lowest BCUT2D eigenvalue weighted by molar-refractivity contribution is 0.0651. The van der Waals surface area contributed by atoms with Gasteiger partial charge in [0.25, 0.3) is 0 Å². The first kappa shape index (κ1) is 21.1. The highest BCUT2D eigenvalue weighted by Gasteiger charge is 2.22. The summed E-state index contributed by atoms with van der Waals surface area (Å²) in [5, 5.41) is 18.5. The second kappa shape index (κ2) is 9.73. The van der Waals surface area contributed by atoms with Crippen molar-refractivity contribution in [2.45, 2.75) is 64.2 Å². The van der Waals surface area contributed by atoms with Crippen LogP contribution < -0.4 is 0 Å². The van der Waals surface area contributed by atoms with Gasteiger partial charge in [-0.3, -0.25) is 0 Å². The van der Waals surface area contributed by atoms with E-state index in [4.69, 9.17) is 0 Å². The van der Waals surface area contributed by atoms with E-state index in [0.717, 1.165) is 17.0 Å². The molecule has 0 unspecified atom stereocenters. The van der Waals surface area contributed by atoms with Crippen LogP contribution in [0.2, 0.25) is 0 Å². The Bertz CT molecular complexity index is 846. The number of carboxylic acid groups (broad SMARTS) is 2. The van der Waals surface area contributed by atoms with E-state index in [1.54, 1.807) is 6.07 Å². The zero-order chi connectivity index (χ0) is 20.8. The number of unbranched alkanes of at least 4 members (excludes halogenated alkanes) is 2. The molecule has 0 radical (unpaired) electrons. The van der Waals surface area contributed by atoms with Crippen molar-refractivity contribution in [1.82, 2.24) is 0 Å². The molecule has 154 valence electrons. The first-order chi connectivity index (χ1) is 14.0. The van der Waals surface area contributed by atoms with Crippen molar-refractivity contribution in [3.05, 3.63) is 59.2 Å². The van der Waals surface area contributed by atoms with Crippen LogP contribution in [-0.2, 0) is 0 Å². The zero-order valence-corrected chi connectivity index (χ0v) is 17.1. The number of carboxylic acids is 2. The van der Waals surface area contributed by atoms with E-state index < -0.39 is 11.9 Å². The standard InChI is InChI=1S/C25H30O4/c1-2-3-4-5-17-6-8-18(9-7-17)19-10-12-20(13-11-19)21-14-15-22(24(26)27)23(16-21)25(28)29/h10-18H,2-9H2,1H3,(H,26,27)(H,28,29)/t17-,18-. The van der Waals surface area contributed by atoms with Crippen molar-refractivity contribution < 1.29 is 19.8 Å². The fourth-order valence-electron chi connectivity index (χ4n) is 4.50. The summed E-state index contributed by atoms with van der Waals surface area (Å²) in [6, 6.07) is 12.8. The molecule has 1 saturated carbocycles. The smallest absolute Gasteiger partial charge is 0.336 e. The molecule has 2 aromatic rings. The van der Waals surface area contributed by atoms with Crippen LogP contribution in [0.25, 0.3) is 11.1 Å². The van der Waals surface area contributed by atoms with Gasteiger partial charge < -0.3 is 10.2 Å². The van der Waals surface area contributed by atoms with Gasteiger partial charge in [-0.15, -0.1) is 0 Å². The summed E-state index contributed by atoms with van der Waals surface area (Å²) < 4.78 is 0. The van der Waals surface area contributed by atoms with E-state index in [0.29, 0.717) is 5.92 Å². The molecule has 0 saturated heterocycles. The Kier molecular flexibility index (Phi) is 7.08. The Balaban J connectivity index is 1.67. The van der Waals surface area contributed by atoms with Gasteiger partial charge in [0.15, 0.2) is 0 Å². The van der Waals surface area contributed by atoms with Crippen LogP contribution in [0.5, 0.6) is 0 Å². The lowest BCUT2D eigenvalue weighted by atomic mass is 9.77. The minimum absolute atomic E-state index is 0.180. The second-order valence-electron chi connectivity index (χ2n) is 8.21. The van der Waals surface area contributed by atoms with Crippen molar-refractivity contribution in [3.8, 4) is 11.1 Å². The van der Waals surface area contributed by atoms with Crippen LogP contribution in [0.4, 0.5) is 0 Å². The number of carbonyl (C=O) groups is 2. The van der Waals surface area contributed by atoms with Gasteiger partial charge in [-0.05, 0) is 66.3 Å². The predicted molar refractivity (Wildman–Crippen MR) is 115 cm³/mol. The third-order valence-electron chi connectivity index (χ3n) is 6.26. The molecular weight excluding hydrogens is 364 g/mol. The molecule has 1 aliphatic rings. The molecule has 0 amide bonds. The quantitative estimate of drug-likeness (QED) is 0.494. The molecule has 3 rings (SSSR count). The average molecular weight is 395 g/mol. The minimum Gasteiger partial charge on any atom is -0.478 e. The summed E-state index contributed by atoms with van der Waals surface area (Å²) in [5.74, 6) is -0.958. The van der Waals surface area contributed by atoms with E-state index in [9.17, 15) is 19.8 Å². The molecule has 1 fully saturated rings. The predicted octanol–water partition coefficient (Wildman–Crippen LogP) is 6.60. The molecule has 29 heavy (non-hydrogen) atoms. The molecule has 0 spiro atoms. The normalized spacial score (nSPS) is 19.1. The molecule has 4 nitrogen and oxygen atoms in total. The van der Waals surface area contributed by atoms with E-state index >= 15 is 0 Å². The van der Waals surface area contributed by atoms with Crippen molar-refractivity contribution in [3.63, 3.8) is 0 Å². The van der Waals surface area contributed by atoms with Gasteiger partial charge in [0.1, 0.15) is 0 Å². The molecule has 2 N–H and O–H groups in total. The Morgan fingerprint density at radius 2 is 1.45 bits per heavy atom. The Labute approximate surface area is 172 Å². The fourth-order valence-corrected chi connectivity index (χ4v) is 4.50. The molecule has 0 bridgehead atoms. The molecule has 0 aliphatic heterocycles. The van der Waals surface area contributed by atoms with Crippen LogP contribution >= 0.6 is 0 Å². The largest absolute Gasteiger partial charge is 0.478 e. The van der Waals surface area contributed by atoms with E-state index in [-0.39, 0.29) is 11.1 Å². The van der Waals surface area contributed by atoms with Gasteiger partial charge >= 0.3 is 11.9 Å². The minimum atomic E-state index is -1.23. The number of rotatable bonds is 8. The molecule has 2 aromatic carbocycles. The van der Waals surface area contributed by atoms with E-state index in [1.807, 2.05) is 12.1 Å². The molecule has 0 heterocycles. The lowest BCUT2D eigenvalue weighted by Gasteiger charge is -2.29. The van der Waals surface area contributed by atoms with Crippen molar-refractivity contribution in [1.29, 1.82) is 0 Å². The van der Waals surface area contributed by atoms with Crippen molar-refractivity contribution in [2.75, 3.05) is 0 Å². The SMILES string of the molecule is CCCCC[C@H]1CC[C@H](c2ccc(-c3ccc(C(=O)O)c(C(=O)O)c3)cc2)CC1. The zero-order valence-electron chi connectivity index (χ0n) is 17.1. The summed E-state index contributed by atoms with van der Waals surface area (Å²) in [6.45, 7) is 2.25. The van der Waals surface area contributed by atoms with Crippen LogP contribution in [0.15, 0.2) is 42.5 Å². The maximum Gasteiger partial charge on any atom is 0.336 e.